The first-order chi connectivity index (χ1) is 7.66. The highest BCUT2D eigenvalue weighted by Crippen LogP contribution is 2.40. The van der Waals surface area contributed by atoms with Crippen molar-refractivity contribution >= 4 is 11.7 Å². The minimum atomic E-state index is -1.07. The van der Waals surface area contributed by atoms with Gasteiger partial charge in [0.15, 0.2) is 5.76 Å². The molecule has 82 valence electrons. The summed E-state index contributed by atoms with van der Waals surface area (Å²) in [6, 6.07) is 1.49. The number of carboxylic acids is 1. The summed E-state index contributed by atoms with van der Waals surface area (Å²) < 4.78 is 10.7. The van der Waals surface area contributed by atoms with Crippen LogP contribution in [0.3, 0.4) is 0 Å². The van der Waals surface area contributed by atoms with Crippen LogP contribution in [-0.2, 0) is 6.54 Å². The molecule has 3 heterocycles. The van der Waals surface area contributed by atoms with Gasteiger partial charge in [0.25, 0.3) is 0 Å². The summed E-state index contributed by atoms with van der Waals surface area (Å²) in [5.74, 6) is 0.186. The minimum absolute atomic E-state index is 0.0639. The molecule has 0 amide bonds. The van der Waals surface area contributed by atoms with Crippen molar-refractivity contribution in [3.63, 3.8) is 0 Å². The molecule has 3 rings (SSSR count). The largest absolute Gasteiger partial charge is 0.475 e. The van der Waals surface area contributed by atoms with Gasteiger partial charge in [-0.15, -0.1) is 0 Å². The van der Waals surface area contributed by atoms with E-state index in [9.17, 15) is 4.79 Å². The van der Waals surface area contributed by atoms with Crippen molar-refractivity contribution in [3.8, 4) is 11.3 Å². The summed E-state index contributed by atoms with van der Waals surface area (Å²) >= 11 is 0. The van der Waals surface area contributed by atoms with Gasteiger partial charge in [-0.25, -0.2) is 4.79 Å². The van der Waals surface area contributed by atoms with Crippen LogP contribution < -0.4 is 5.32 Å². The van der Waals surface area contributed by atoms with Crippen LogP contribution in [0.5, 0.6) is 0 Å². The lowest BCUT2D eigenvalue weighted by atomic mass is 10.1. The summed E-state index contributed by atoms with van der Waals surface area (Å²) in [5, 5.41) is 11.9. The SMILES string of the molecule is Cc1coc2c1-c1oc(C(=O)O)cc1NC2. The Morgan fingerprint density at radius 1 is 1.56 bits per heavy atom. The van der Waals surface area contributed by atoms with Crippen LogP contribution >= 0.6 is 0 Å². The Morgan fingerprint density at radius 2 is 2.38 bits per heavy atom. The molecule has 0 bridgehead atoms. The Bertz CT molecular complexity index is 579. The fourth-order valence-electron chi connectivity index (χ4n) is 1.92. The third-order valence-corrected chi connectivity index (χ3v) is 2.66. The topological polar surface area (TPSA) is 75.6 Å². The van der Waals surface area contributed by atoms with E-state index in [4.69, 9.17) is 13.9 Å². The normalized spacial score (nSPS) is 12.8. The van der Waals surface area contributed by atoms with Gasteiger partial charge in [-0.05, 0) is 12.5 Å². The van der Waals surface area contributed by atoms with Crippen molar-refractivity contribution in [1.82, 2.24) is 0 Å². The third kappa shape index (κ3) is 1.08. The first-order valence-corrected chi connectivity index (χ1v) is 4.85. The van der Waals surface area contributed by atoms with Gasteiger partial charge in [0.2, 0.25) is 5.76 Å². The first kappa shape index (κ1) is 9.08. The van der Waals surface area contributed by atoms with E-state index in [-0.39, 0.29) is 5.76 Å². The van der Waals surface area contributed by atoms with Crippen LogP contribution in [0.4, 0.5) is 5.69 Å². The van der Waals surface area contributed by atoms with Crippen LogP contribution in [-0.4, -0.2) is 11.1 Å². The van der Waals surface area contributed by atoms with Gasteiger partial charge < -0.3 is 19.3 Å². The molecule has 16 heavy (non-hydrogen) atoms. The number of hydrogen-bond acceptors (Lipinski definition) is 4. The molecule has 0 aliphatic carbocycles. The molecule has 2 N–H and O–H groups in total. The van der Waals surface area contributed by atoms with Crippen LogP contribution in [0, 0.1) is 6.92 Å². The van der Waals surface area contributed by atoms with Gasteiger partial charge in [-0.2, -0.15) is 0 Å². The predicted molar refractivity (Wildman–Crippen MR) is 55.4 cm³/mol. The summed E-state index contributed by atoms with van der Waals surface area (Å²) in [6.45, 7) is 2.45. The predicted octanol–water partition coefficient (Wildman–Crippen LogP) is 2.47. The van der Waals surface area contributed by atoms with Crippen LogP contribution in [0.15, 0.2) is 21.2 Å². The number of aromatic carboxylic acids is 1. The highest BCUT2D eigenvalue weighted by molar-refractivity contribution is 5.90. The van der Waals surface area contributed by atoms with Crippen molar-refractivity contribution in [1.29, 1.82) is 0 Å². The van der Waals surface area contributed by atoms with E-state index in [1.54, 1.807) is 6.26 Å². The molecular weight excluding hydrogens is 210 g/mol. The van der Waals surface area contributed by atoms with E-state index in [1.807, 2.05) is 6.92 Å². The van der Waals surface area contributed by atoms with Crippen LogP contribution in [0.1, 0.15) is 21.9 Å². The average molecular weight is 219 g/mol. The number of carboxylic acid groups (broad SMARTS) is 1. The van der Waals surface area contributed by atoms with Gasteiger partial charge in [-0.3, -0.25) is 0 Å². The zero-order valence-electron chi connectivity index (χ0n) is 8.53. The molecule has 0 radical (unpaired) electrons. The second-order valence-corrected chi connectivity index (χ2v) is 3.73. The Hall–Kier alpha value is -2.17. The highest BCUT2D eigenvalue weighted by atomic mass is 16.4. The molecule has 0 aromatic carbocycles. The Kier molecular flexibility index (Phi) is 1.65. The van der Waals surface area contributed by atoms with Crippen LogP contribution in [0.2, 0.25) is 0 Å². The number of aryl methyl sites for hydroxylation is 1. The second kappa shape index (κ2) is 2.91. The molecule has 2 aromatic rings. The number of rotatable bonds is 1. The summed E-state index contributed by atoms with van der Waals surface area (Å²) in [4.78, 5) is 10.8. The molecule has 0 saturated carbocycles. The maximum absolute atomic E-state index is 10.8. The number of fused-ring (bicyclic) bond motifs is 3. The number of nitrogens with one attached hydrogen (secondary N) is 1. The third-order valence-electron chi connectivity index (χ3n) is 2.66. The van der Waals surface area contributed by atoms with Crippen molar-refractivity contribution in [3.05, 3.63) is 29.4 Å². The average Bonchev–Trinajstić information content (AvgIpc) is 2.81. The zero-order valence-corrected chi connectivity index (χ0v) is 8.53. The van der Waals surface area contributed by atoms with Crippen molar-refractivity contribution < 1.29 is 18.7 Å². The lowest BCUT2D eigenvalue weighted by molar-refractivity contribution is 0.0663. The molecule has 5 heteroatoms. The summed E-state index contributed by atoms with van der Waals surface area (Å²) in [7, 11) is 0. The van der Waals surface area contributed by atoms with Crippen LogP contribution in [0.25, 0.3) is 11.3 Å². The number of hydrogen-bond donors (Lipinski definition) is 2. The maximum atomic E-state index is 10.8. The first-order valence-electron chi connectivity index (χ1n) is 4.85. The van der Waals surface area contributed by atoms with E-state index >= 15 is 0 Å². The van der Waals surface area contributed by atoms with E-state index < -0.39 is 5.97 Å². The quantitative estimate of drug-likeness (QED) is 0.770. The van der Waals surface area contributed by atoms with E-state index in [0.717, 1.165) is 16.9 Å². The molecule has 0 unspecified atom stereocenters. The van der Waals surface area contributed by atoms with Crippen molar-refractivity contribution in [2.75, 3.05) is 5.32 Å². The maximum Gasteiger partial charge on any atom is 0.371 e. The van der Waals surface area contributed by atoms with Crippen molar-refractivity contribution in [2.45, 2.75) is 13.5 Å². The van der Waals surface area contributed by atoms with Gasteiger partial charge in [-0.1, -0.05) is 0 Å². The van der Waals surface area contributed by atoms with E-state index in [2.05, 4.69) is 5.32 Å². The van der Waals surface area contributed by atoms with Gasteiger partial charge >= 0.3 is 5.97 Å². The molecule has 0 atom stereocenters. The second-order valence-electron chi connectivity index (χ2n) is 3.73. The molecule has 0 spiro atoms. The van der Waals surface area contributed by atoms with E-state index in [0.29, 0.717) is 18.0 Å². The molecule has 0 fully saturated rings. The monoisotopic (exact) mass is 219 g/mol. The van der Waals surface area contributed by atoms with Gasteiger partial charge in [0.05, 0.1) is 24.1 Å². The smallest absolute Gasteiger partial charge is 0.371 e. The van der Waals surface area contributed by atoms with Crippen molar-refractivity contribution in [2.24, 2.45) is 0 Å². The standard InChI is InChI=1S/C11H9NO4/c1-5-4-15-8-3-12-6-2-7(11(13)14)16-10(6)9(5)8/h2,4,12H,3H2,1H3,(H,13,14). The summed E-state index contributed by atoms with van der Waals surface area (Å²) in [5.41, 5.74) is 2.51. The number of carbonyl (C=O) groups is 1. The number of anilines is 1. The molecule has 1 aliphatic rings. The summed E-state index contributed by atoms with van der Waals surface area (Å²) in [6.07, 6.45) is 1.64. The Morgan fingerprint density at radius 3 is 3.12 bits per heavy atom. The number of furan rings is 2. The lowest BCUT2D eigenvalue weighted by Gasteiger charge is -2.11. The molecule has 1 aliphatic heterocycles. The fourth-order valence-corrected chi connectivity index (χ4v) is 1.92. The highest BCUT2D eigenvalue weighted by Gasteiger charge is 2.26. The van der Waals surface area contributed by atoms with Gasteiger partial charge in [0, 0.05) is 6.07 Å². The Balaban J connectivity index is 2.23. The molecule has 0 saturated heterocycles. The molecule has 2 aromatic heterocycles. The van der Waals surface area contributed by atoms with E-state index in [1.165, 1.54) is 6.07 Å². The fraction of sp³-hybridized carbons (Fsp3) is 0.182. The van der Waals surface area contributed by atoms with Gasteiger partial charge in [0.1, 0.15) is 5.76 Å². The zero-order chi connectivity index (χ0) is 11.3. The lowest BCUT2D eigenvalue weighted by Crippen LogP contribution is -2.04. The Labute approximate surface area is 90.7 Å². The molecule has 5 nitrogen and oxygen atoms in total. The molecular formula is C11H9NO4. The minimum Gasteiger partial charge on any atom is -0.475 e.